The summed E-state index contributed by atoms with van der Waals surface area (Å²) in [6.07, 6.45) is 5.39. The Morgan fingerprint density at radius 3 is 2.77 bits per heavy atom. The Morgan fingerprint density at radius 1 is 1.27 bits per heavy atom. The molecule has 0 atom stereocenters. The van der Waals surface area contributed by atoms with Crippen LogP contribution in [0.3, 0.4) is 0 Å². The van der Waals surface area contributed by atoms with E-state index in [-0.39, 0.29) is 11.1 Å². The summed E-state index contributed by atoms with van der Waals surface area (Å²) in [6, 6.07) is 7.88. The summed E-state index contributed by atoms with van der Waals surface area (Å²) < 4.78 is 5.32. The number of amidine groups is 1. The fourth-order valence-electron chi connectivity index (χ4n) is 3.34. The highest BCUT2D eigenvalue weighted by Gasteiger charge is 2.24. The molecule has 134 valence electrons. The number of anilines is 1. The average molecular weight is 368 g/mol. The lowest BCUT2D eigenvalue weighted by molar-refractivity contribution is -0.115. The molecule has 2 N–H and O–H groups in total. The van der Waals surface area contributed by atoms with Gasteiger partial charge in [0.25, 0.3) is 5.91 Å². The molecule has 2 fully saturated rings. The number of rotatable bonds is 3. The number of thioether (sulfide) groups is 1. The number of hydrogen-bond donors (Lipinski definition) is 2. The number of carbonyl (C=O) groups is 1. The van der Waals surface area contributed by atoms with Gasteiger partial charge in [-0.1, -0.05) is 0 Å². The maximum Gasteiger partial charge on any atom is 0.264 e. The van der Waals surface area contributed by atoms with Crippen molar-refractivity contribution in [1.29, 1.82) is 5.41 Å². The van der Waals surface area contributed by atoms with Crippen molar-refractivity contribution in [1.82, 2.24) is 10.3 Å². The molecule has 1 aromatic heterocycles. The summed E-state index contributed by atoms with van der Waals surface area (Å²) in [5.74, 6) is 1.45. The molecule has 26 heavy (non-hydrogen) atoms. The van der Waals surface area contributed by atoms with E-state index in [1.165, 1.54) is 6.42 Å². The van der Waals surface area contributed by atoms with Gasteiger partial charge >= 0.3 is 0 Å². The summed E-state index contributed by atoms with van der Waals surface area (Å²) in [5.41, 5.74) is 1.81. The van der Waals surface area contributed by atoms with Gasteiger partial charge in [-0.2, -0.15) is 0 Å². The molecule has 6 nitrogen and oxygen atoms in total. The van der Waals surface area contributed by atoms with Gasteiger partial charge in [-0.25, -0.2) is 4.98 Å². The quantitative estimate of drug-likeness (QED) is 0.812. The van der Waals surface area contributed by atoms with Crippen molar-refractivity contribution in [3.05, 3.63) is 34.7 Å². The molecule has 0 saturated carbocycles. The zero-order valence-electron chi connectivity index (χ0n) is 14.5. The number of nitrogens with zero attached hydrogens (tertiary/aromatic N) is 2. The van der Waals surface area contributed by atoms with Crippen LogP contribution in [-0.4, -0.2) is 36.3 Å². The third-order valence-electron chi connectivity index (χ3n) is 4.64. The van der Waals surface area contributed by atoms with Gasteiger partial charge in [0.05, 0.1) is 17.5 Å². The van der Waals surface area contributed by atoms with E-state index in [0.29, 0.717) is 4.91 Å². The van der Waals surface area contributed by atoms with E-state index in [1.807, 2.05) is 24.3 Å². The minimum Gasteiger partial charge on any atom is -0.497 e. The Labute approximate surface area is 156 Å². The lowest BCUT2D eigenvalue weighted by atomic mass is 10.1. The number of amides is 1. The topological polar surface area (TPSA) is 78.3 Å². The van der Waals surface area contributed by atoms with Crippen molar-refractivity contribution in [2.24, 2.45) is 0 Å². The van der Waals surface area contributed by atoms with E-state index < -0.39 is 0 Å². The predicted octanol–water partition coefficient (Wildman–Crippen LogP) is 3.37. The predicted molar refractivity (Wildman–Crippen MR) is 106 cm³/mol. The molecule has 4 rings (SSSR count). The normalized spacial score (nSPS) is 19.3. The summed E-state index contributed by atoms with van der Waals surface area (Å²) in [7, 11) is 1.64. The van der Waals surface area contributed by atoms with Gasteiger partial charge in [-0.3, -0.25) is 10.2 Å². The first kappa shape index (κ1) is 16.9. The van der Waals surface area contributed by atoms with Gasteiger partial charge in [0, 0.05) is 24.0 Å². The fourth-order valence-corrected chi connectivity index (χ4v) is 4.03. The van der Waals surface area contributed by atoms with Crippen LogP contribution >= 0.6 is 11.8 Å². The number of piperidine rings is 1. The minimum atomic E-state index is -0.227. The van der Waals surface area contributed by atoms with Crippen LogP contribution in [0.4, 0.5) is 5.82 Å². The number of carbonyl (C=O) groups excluding carboxylic acids is 1. The second-order valence-electron chi connectivity index (χ2n) is 6.40. The lowest BCUT2D eigenvalue weighted by Gasteiger charge is -2.29. The molecule has 0 spiro atoms. The average Bonchev–Trinajstić information content (AvgIpc) is 2.98. The molecule has 7 heteroatoms. The highest BCUT2D eigenvalue weighted by molar-refractivity contribution is 8.18. The molecule has 0 radical (unpaired) electrons. The first-order valence-corrected chi connectivity index (χ1v) is 9.49. The van der Waals surface area contributed by atoms with Crippen molar-refractivity contribution < 1.29 is 9.53 Å². The molecule has 1 amide bonds. The van der Waals surface area contributed by atoms with Crippen LogP contribution in [0.15, 0.2) is 29.2 Å². The van der Waals surface area contributed by atoms with Crippen molar-refractivity contribution >= 4 is 45.6 Å². The molecule has 0 aliphatic carbocycles. The summed E-state index contributed by atoms with van der Waals surface area (Å²) >= 11 is 1.15. The second-order valence-corrected chi connectivity index (χ2v) is 7.45. The first-order chi connectivity index (χ1) is 12.6. The van der Waals surface area contributed by atoms with Gasteiger partial charge in [-0.15, -0.1) is 0 Å². The molecule has 2 aromatic rings. The number of benzene rings is 1. The third kappa shape index (κ3) is 3.26. The van der Waals surface area contributed by atoms with E-state index in [1.54, 1.807) is 7.11 Å². The van der Waals surface area contributed by atoms with Crippen LogP contribution in [0.25, 0.3) is 17.0 Å². The van der Waals surface area contributed by atoms with Crippen LogP contribution < -0.4 is 15.0 Å². The molecular formula is C19H20N4O2S. The highest BCUT2D eigenvalue weighted by Crippen LogP contribution is 2.32. The van der Waals surface area contributed by atoms with Crippen LogP contribution in [-0.2, 0) is 4.79 Å². The Hall–Kier alpha value is -2.54. The van der Waals surface area contributed by atoms with Crippen molar-refractivity contribution in [3.8, 4) is 5.75 Å². The van der Waals surface area contributed by atoms with Crippen molar-refractivity contribution in [2.45, 2.75) is 19.3 Å². The van der Waals surface area contributed by atoms with Crippen LogP contribution in [0, 0.1) is 5.41 Å². The molecule has 2 aliphatic heterocycles. The Kier molecular flexibility index (Phi) is 4.55. The van der Waals surface area contributed by atoms with E-state index in [4.69, 9.17) is 15.1 Å². The Balaban J connectivity index is 1.84. The van der Waals surface area contributed by atoms with Gasteiger partial charge in [0.15, 0.2) is 5.17 Å². The molecule has 2 aliphatic rings. The maximum absolute atomic E-state index is 12.0. The van der Waals surface area contributed by atoms with E-state index in [0.717, 1.165) is 65.7 Å². The highest BCUT2D eigenvalue weighted by atomic mass is 32.2. The fraction of sp³-hybridized carbons (Fsp3) is 0.316. The zero-order valence-corrected chi connectivity index (χ0v) is 15.4. The van der Waals surface area contributed by atoms with Gasteiger partial charge in [0.2, 0.25) is 0 Å². The lowest BCUT2D eigenvalue weighted by Crippen LogP contribution is -2.30. The van der Waals surface area contributed by atoms with E-state index in [2.05, 4.69) is 16.3 Å². The summed E-state index contributed by atoms with van der Waals surface area (Å²) in [5, 5.41) is 11.3. The summed E-state index contributed by atoms with van der Waals surface area (Å²) in [6.45, 7) is 1.94. The number of nitrogens with one attached hydrogen (secondary N) is 2. The Bertz CT molecular complexity index is 919. The molecule has 1 aromatic carbocycles. The smallest absolute Gasteiger partial charge is 0.264 e. The molecule has 0 unspecified atom stereocenters. The van der Waals surface area contributed by atoms with Gasteiger partial charge in [-0.05, 0) is 61.4 Å². The number of ether oxygens (including phenoxy) is 1. The largest absolute Gasteiger partial charge is 0.497 e. The van der Waals surface area contributed by atoms with E-state index >= 15 is 0 Å². The monoisotopic (exact) mass is 368 g/mol. The molecular weight excluding hydrogens is 348 g/mol. The Morgan fingerprint density at radius 2 is 2.08 bits per heavy atom. The number of hydrogen-bond acceptors (Lipinski definition) is 6. The number of aromatic nitrogens is 1. The second kappa shape index (κ2) is 6.99. The van der Waals surface area contributed by atoms with E-state index in [9.17, 15) is 4.79 Å². The molecule has 3 heterocycles. The van der Waals surface area contributed by atoms with Gasteiger partial charge in [0.1, 0.15) is 11.6 Å². The number of fused-ring (bicyclic) bond motifs is 1. The zero-order chi connectivity index (χ0) is 18.1. The van der Waals surface area contributed by atoms with Crippen LogP contribution in [0.5, 0.6) is 5.75 Å². The third-order valence-corrected chi connectivity index (χ3v) is 5.46. The van der Waals surface area contributed by atoms with Crippen LogP contribution in [0.2, 0.25) is 0 Å². The minimum absolute atomic E-state index is 0.163. The standard InChI is InChI=1S/C19H20N4O2S/c1-25-14-5-6-15-12(10-14)9-13(11-16-18(24)22-19(20)26-16)17(21-15)23-7-3-2-4-8-23/h5-6,9-11H,2-4,7-8H2,1H3,(H2,20,22,24). The SMILES string of the molecule is COc1ccc2nc(N3CCCCC3)c(C=C3SC(=N)NC3=O)cc2c1. The van der Waals surface area contributed by atoms with Crippen molar-refractivity contribution in [3.63, 3.8) is 0 Å². The van der Waals surface area contributed by atoms with Gasteiger partial charge < -0.3 is 15.0 Å². The molecule has 2 saturated heterocycles. The molecule has 0 bridgehead atoms. The first-order valence-electron chi connectivity index (χ1n) is 8.67. The number of methoxy groups -OCH3 is 1. The van der Waals surface area contributed by atoms with Crippen LogP contribution in [0.1, 0.15) is 24.8 Å². The number of pyridine rings is 1. The maximum atomic E-state index is 12.0. The summed E-state index contributed by atoms with van der Waals surface area (Å²) in [4.78, 5) is 19.8. The van der Waals surface area contributed by atoms with Crippen molar-refractivity contribution in [2.75, 3.05) is 25.1 Å².